The zero-order chi connectivity index (χ0) is 14.8. The molecule has 0 aliphatic heterocycles. The van der Waals surface area contributed by atoms with Crippen LogP contribution in [0.1, 0.15) is 71.6 Å². The van der Waals surface area contributed by atoms with Crippen molar-refractivity contribution in [3.63, 3.8) is 0 Å². The van der Waals surface area contributed by atoms with Gasteiger partial charge in [0.2, 0.25) is 0 Å². The highest BCUT2D eigenvalue weighted by Gasteiger charge is 2.59. The maximum atomic E-state index is 4.61. The molecule has 0 amide bonds. The monoisotopic (exact) mass is 284 g/mol. The molecule has 4 saturated carbocycles. The summed E-state index contributed by atoms with van der Waals surface area (Å²) in [6, 6.07) is 0. The number of fused-ring (bicyclic) bond motifs is 5. The van der Waals surface area contributed by atoms with Crippen molar-refractivity contribution >= 4 is 0 Å². The van der Waals surface area contributed by atoms with Crippen LogP contribution in [-0.2, 0) is 0 Å². The van der Waals surface area contributed by atoms with Crippen molar-refractivity contribution in [2.24, 2.45) is 34.5 Å². The van der Waals surface area contributed by atoms with Crippen molar-refractivity contribution in [1.29, 1.82) is 0 Å². The van der Waals surface area contributed by atoms with Gasteiger partial charge in [0.25, 0.3) is 0 Å². The van der Waals surface area contributed by atoms with E-state index in [-0.39, 0.29) is 0 Å². The van der Waals surface area contributed by atoms with Gasteiger partial charge in [0.05, 0.1) is 0 Å². The normalized spacial score (nSPS) is 53.0. The quantitative estimate of drug-likeness (QED) is 0.469. The van der Waals surface area contributed by atoms with Crippen LogP contribution in [0.3, 0.4) is 0 Å². The number of hydrogen-bond donors (Lipinski definition) is 0. The van der Waals surface area contributed by atoms with Crippen molar-refractivity contribution < 1.29 is 0 Å². The van der Waals surface area contributed by atoms with Gasteiger partial charge in [-0.3, -0.25) is 0 Å². The molecule has 0 aromatic heterocycles. The van der Waals surface area contributed by atoms with Gasteiger partial charge in [-0.05, 0) is 79.4 Å². The van der Waals surface area contributed by atoms with Crippen molar-refractivity contribution in [2.75, 3.05) is 0 Å². The Morgan fingerprint density at radius 1 is 0.952 bits per heavy atom. The number of allylic oxidation sites excluding steroid dienone is 2. The lowest BCUT2D eigenvalue weighted by Gasteiger charge is -2.60. The average Bonchev–Trinajstić information content (AvgIpc) is 2.76. The summed E-state index contributed by atoms with van der Waals surface area (Å²) < 4.78 is 0. The zero-order valence-corrected chi connectivity index (χ0v) is 14.1. The van der Waals surface area contributed by atoms with Gasteiger partial charge in [-0.1, -0.05) is 51.0 Å². The minimum Gasteiger partial charge on any atom is -0.0995 e. The molecule has 4 aliphatic carbocycles. The van der Waals surface area contributed by atoms with Gasteiger partial charge in [0.1, 0.15) is 0 Å². The summed E-state index contributed by atoms with van der Waals surface area (Å²) in [6.45, 7) is 14.2. The van der Waals surface area contributed by atoms with Crippen LogP contribution in [0.4, 0.5) is 0 Å². The third-order valence-corrected chi connectivity index (χ3v) is 8.50. The van der Waals surface area contributed by atoms with E-state index >= 15 is 0 Å². The standard InChI is InChI=1S/C21H32/c1-14-13-16-7-5-6-11-21(16,4)18-10-12-20(3)15(2)8-9-17(20)19(14)18/h16-19H,1-2,5-13H2,3-4H3. The first-order valence-electron chi connectivity index (χ1n) is 9.33. The fourth-order valence-electron chi connectivity index (χ4n) is 7.06. The van der Waals surface area contributed by atoms with Crippen LogP contribution in [0, 0.1) is 34.5 Å². The Hall–Kier alpha value is -0.520. The van der Waals surface area contributed by atoms with Crippen LogP contribution in [0.25, 0.3) is 0 Å². The molecular formula is C21H32. The summed E-state index contributed by atoms with van der Waals surface area (Å²) in [6.07, 6.45) is 12.7. The number of hydrogen-bond acceptors (Lipinski definition) is 0. The molecule has 21 heavy (non-hydrogen) atoms. The van der Waals surface area contributed by atoms with Crippen LogP contribution in [-0.4, -0.2) is 0 Å². The summed E-state index contributed by atoms with van der Waals surface area (Å²) >= 11 is 0. The zero-order valence-electron chi connectivity index (χ0n) is 14.1. The van der Waals surface area contributed by atoms with Gasteiger partial charge in [-0.15, -0.1) is 0 Å². The van der Waals surface area contributed by atoms with Crippen molar-refractivity contribution in [1.82, 2.24) is 0 Å². The fraction of sp³-hybridized carbons (Fsp3) is 0.810. The highest BCUT2D eigenvalue weighted by Crippen LogP contribution is 2.67. The Labute approximate surface area is 131 Å². The third-order valence-electron chi connectivity index (χ3n) is 8.50. The molecule has 0 spiro atoms. The number of rotatable bonds is 0. The minimum atomic E-state index is 0.433. The SMILES string of the molecule is C=C1CC2CCCCC2(C)C2CCC3(C)C(=C)CCC3C12. The van der Waals surface area contributed by atoms with E-state index < -0.39 is 0 Å². The van der Waals surface area contributed by atoms with Gasteiger partial charge in [0, 0.05) is 0 Å². The molecule has 0 nitrogen and oxygen atoms in total. The van der Waals surface area contributed by atoms with Crippen LogP contribution < -0.4 is 0 Å². The van der Waals surface area contributed by atoms with E-state index in [4.69, 9.17) is 0 Å². The Kier molecular flexibility index (Phi) is 3.02. The van der Waals surface area contributed by atoms with E-state index in [9.17, 15) is 0 Å². The second-order valence-electron chi connectivity index (χ2n) is 9.15. The van der Waals surface area contributed by atoms with Gasteiger partial charge in [-0.25, -0.2) is 0 Å². The predicted octanol–water partition coefficient (Wildman–Crippen LogP) is 6.14. The van der Waals surface area contributed by atoms with E-state index in [1.54, 1.807) is 11.1 Å². The van der Waals surface area contributed by atoms with E-state index in [2.05, 4.69) is 27.0 Å². The van der Waals surface area contributed by atoms with Crippen LogP contribution >= 0.6 is 0 Å². The molecule has 0 bridgehead atoms. The first-order chi connectivity index (χ1) is 9.97. The fourth-order valence-corrected chi connectivity index (χ4v) is 7.06. The molecule has 4 aliphatic rings. The Bertz CT molecular complexity index is 486. The lowest BCUT2D eigenvalue weighted by atomic mass is 9.44. The first-order valence-corrected chi connectivity index (χ1v) is 9.33. The predicted molar refractivity (Wildman–Crippen MR) is 90.0 cm³/mol. The first kappa shape index (κ1) is 14.1. The summed E-state index contributed by atoms with van der Waals surface area (Å²) in [7, 11) is 0. The molecule has 0 heteroatoms. The van der Waals surface area contributed by atoms with Gasteiger partial charge in [-0.2, -0.15) is 0 Å². The van der Waals surface area contributed by atoms with Crippen molar-refractivity contribution in [3.05, 3.63) is 24.3 Å². The lowest BCUT2D eigenvalue weighted by Crippen LogP contribution is -2.52. The molecule has 0 N–H and O–H groups in total. The van der Waals surface area contributed by atoms with E-state index in [1.165, 1.54) is 57.8 Å². The summed E-state index contributed by atoms with van der Waals surface area (Å²) in [5, 5.41) is 0. The molecule has 0 saturated heterocycles. The third kappa shape index (κ3) is 1.74. The smallest absolute Gasteiger partial charge is 0.00848 e. The molecule has 4 fully saturated rings. The molecule has 0 aromatic carbocycles. The molecule has 0 radical (unpaired) electrons. The summed E-state index contributed by atoms with van der Waals surface area (Å²) in [5.41, 5.74) is 4.22. The molecule has 116 valence electrons. The highest BCUT2D eigenvalue weighted by molar-refractivity contribution is 5.27. The largest absolute Gasteiger partial charge is 0.0995 e. The summed E-state index contributed by atoms with van der Waals surface area (Å²) in [5.74, 6) is 3.53. The van der Waals surface area contributed by atoms with E-state index in [0.717, 1.165) is 23.7 Å². The van der Waals surface area contributed by atoms with Crippen LogP contribution in [0.5, 0.6) is 0 Å². The molecule has 0 aromatic rings. The highest BCUT2D eigenvalue weighted by atomic mass is 14.6. The molecule has 6 unspecified atom stereocenters. The van der Waals surface area contributed by atoms with Crippen molar-refractivity contribution in [2.45, 2.75) is 71.6 Å². The maximum Gasteiger partial charge on any atom is -0.00848 e. The Morgan fingerprint density at radius 3 is 2.57 bits per heavy atom. The lowest BCUT2D eigenvalue weighted by molar-refractivity contribution is -0.0702. The topological polar surface area (TPSA) is 0 Å². The maximum absolute atomic E-state index is 4.61. The van der Waals surface area contributed by atoms with E-state index in [0.29, 0.717) is 10.8 Å². The molecule has 4 rings (SSSR count). The minimum absolute atomic E-state index is 0.433. The molecule has 6 atom stereocenters. The molecular weight excluding hydrogens is 252 g/mol. The molecule has 0 heterocycles. The summed E-state index contributed by atoms with van der Waals surface area (Å²) in [4.78, 5) is 0. The van der Waals surface area contributed by atoms with Gasteiger partial charge < -0.3 is 0 Å². The second kappa shape index (κ2) is 4.49. The van der Waals surface area contributed by atoms with Crippen LogP contribution in [0.15, 0.2) is 24.3 Å². The van der Waals surface area contributed by atoms with Gasteiger partial charge >= 0.3 is 0 Å². The van der Waals surface area contributed by atoms with Crippen LogP contribution in [0.2, 0.25) is 0 Å². The van der Waals surface area contributed by atoms with E-state index in [1.807, 2.05) is 0 Å². The average molecular weight is 284 g/mol. The van der Waals surface area contributed by atoms with Crippen molar-refractivity contribution in [3.8, 4) is 0 Å². The second-order valence-corrected chi connectivity index (χ2v) is 9.15. The Morgan fingerprint density at radius 2 is 1.76 bits per heavy atom. The van der Waals surface area contributed by atoms with Gasteiger partial charge in [0.15, 0.2) is 0 Å². The Balaban J connectivity index is 1.72.